The third-order valence-electron chi connectivity index (χ3n) is 4.49. The number of aromatic nitrogens is 3. The highest BCUT2D eigenvalue weighted by Gasteiger charge is 2.21. The van der Waals surface area contributed by atoms with E-state index in [0.29, 0.717) is 22.3 Å². The minimum Gasteiger partial charge on any atom is -0.337 e. The van der Waals surface area contributed by atoms with Crippen molar-refractivity contribution in [2.75, 3.05) is 11.4 Å². The van der Waals surface area contributed by atoms with Crippen molar-refractivity contribution in [3.63, 3.8) is 0 Å². The van der Waals surface area contributed by atoms with Crippen LogP contribution in [-0.4, -0.2) is 27.0 Å². The van der Waals surface area contributed by atoms with E-state index in [4.69, 9.17) is 16.6 Å². The smallest absolute Gasteiger partial charge is 0.260 e. The number of hydrogen-bond donors (Lipinski definition) is 0. The molecular weight excluding hydrogens is 427 g/mol. The van der Waals surface area contributed by atoms with Gasteiger partial charge < -0.3 is 4.57 Å². The molecule has 0 bridgehead atoms. The van der Waals surface area contributed by atoms with E-state index in [1.165, 1.54) is 11.3 Å². The normalized spacial score (nSPS) is 10.7. The molecule has 5 nitrogen and oxygen atoms in total. The summed E-state index contributed by atoms with van der Waals surface area (Å²) >= 11 is 7.70. The number of imidazole rings is 1. The summed E-state index contributed by atoms with van der Waals surface area (Å²) in [4.78, 5) is 23.8. The number of carbonyl (C=O) groups is 1. The molecule has 2 aromatic carbocycles. The Labute approximate surface area is 184 Å². The first-order valence-corrected chi connectivity index (χ1v) is 10.2. The molecule has 2 heterocycles. The van der Waals surface area contributed by atoms with Gasteiger partial charge >= 0.3 is 0 Å². The van der Waals surface area contributed by atoms with Crippen LogP contribution in [0.2, 0.25) is 5.02 Å². The van der Waals surface area contributed by atoms with Crippen LogP contribution in [0, 0.1) is 6.92 Å². The van der Waals surface area contributed by atoms with E-state index in [-0.39, 0.29) is 18.3 Å². The summed E-state index contributed by atoms with van der Waals surface area (Å²) in [5, 5.41) is 1.38. The van der Waals surface area contributed by atoms with Crippen molar-refractivity contribution >= 4 is 56.6 Å². The number of rotatable bonds is 6. The molecule has 0 saturated carbocycles. The van der Waals surface area contributed by atoms with Gasteiger partial charge in [0.1, 0.15) is 0 Å². The van der Waals surface area contributed by atoms with Crippen LogP contribution in [-0.2, 0) is 6.54 Å². The summed E-state index contributed by atoms with van der Waals surface area (Å²) in [5.74, 6) is -0.0472. The molecule has 4 aromatic rings. The van der Waals surface area contributed by atoms with E-state index in [9.17, 15) is 4.79 Å². The van der Waals surface area contributed by atoms with Gasteiger partial charge in [-0.05, 0) is 43.2 Å². The highest BCUT2D eigenvalue weighted by Crippen LogP contribution is 2.33. The number of aryl methyl sites for hydroxylation is 2. The Morgan fingerprint density at radius 3 is 2.76 bits per heavy atom. The zero-order valence-corrected chi connectivity index (χ0v) is 18.2. The van der Waals surface area contributed by atoms with Crippen molar-refractivity contribution in [2.45, 2.75) is 19.9 Å². The fraction of sp³-hybridized carbons (Fsp3) is 0.190. The number of benzene rings is 2. The molecule has 4 rings (SSSR count). The Morgan fingerprint density at radius 2 is 2.03 bits per heavy atom. The first-order chi connectivity index (χ1) is 13.6. The van der Waals surface area contributed by atoms with Crippen molar-refractivity contribution in [3.8, 4) is 0 Å². The topological polar surface area (TPSA) is 51.0 Å². The second kappa shape index (κ2) is 9.39. The van der Waals surface area contributed by atoms with Crippen molar-refractivity contribution in [1.82, 2.24) is 14.5 Å². The third-order valence-corrected chi connectivity index (χ3v) is 5.74. The van der Waals surface area contributed by atoms with Gasteiger partial charge in [-0.1, -0.05) is 41.1 Å². The van der Waals surface area contributed by atoms with Crippen LogP contribution in [0.3, 0.4) is 0 Å². The zero-order chi connectivity index (χ0) is 19.5. The first-order valence-electron chi connectivity index (χ1n) is 9.01. The van der Waals surface area contributed by atoms with E-state index in [2.05, 4.69) is 4.98 Å². The van der Waals surface area contributed by atoms with Gasteiger partial charge in [-0.2, -0.15) is 0 Å². The molecule has 0 fully saturated rings. The molecule has 29 heavy (non-hydrogen) atoms. The van der Waals surface area contributed by atoms with Gasteiger partial charge in [0.15, 0.2) is 5.13 Å². The number of amides is 1. The van der Waals surface area contributed by atoms with Crippen LogP contribution < -0.4 is 4.90 Å². The van der Waals surface area contributed by atoms with Crippen LogP contribution >= 0.6 is 35.3 Å². The lowest BCUT2D eigenvalue weighted by molar-refractivity contribution is 0.0986. The fourth-order valence-electron chi connectivity index (χ4n) is 3.11. The van der Waals surface area contributed by atoms with Gasteiger partial charge in [-0.15, -0.1) is 12.4 Å². The minimum atomic E-state index is -0.0472. The molecule has 2 aromatic heterocycles. The lowest BCUT2D eigenvalue weighted by Crippen LogP contribution is -2.32. The predicted molar refractivity (Wildman–Crippen MR) is 122 cm³/mol. The largest absolute Gasteiger partial charge is 0.337 e. The predicted octanol–water partition coefficient (Wildman–Crippen LogP) is 5.61. The number of anilines is 1. The summed E-state index contributed by atoms with van der Waals surface area (Å²) in [6, 6.07) is 13.1. The third kappa shape index (κ3) is 4.78. The summed E-state index contributed by atoms with van der Waals surface area (Å²) in [7, 11) is 0. The average molecular weight is 447 g/mol. The van der Waals surface area contributed by atoms with Crippen LogP contribution in [0.1, 0.15) is 22.3 Å². The van der Waals surface area contributed by atoms with Crippen LogP contribution in [0.25, 0.3) is 10.2 Å². The molecule has 0 aliphatic carbocycles. The van der Waals surface area contributed by atoms with Crippen LogP contribution in [0.4, 0.5) is 5.13 Å². The number of hydrogen-bond acceptors (Lipinski definition) is 4. The maximum Gasteiger partial charge on any atom is 0.260 e. The van der Waals surface area contributed by atoms with E-state index in [0.717, 1.165) is 28.7 Å². The molecular formula is C21H20Cl2N4OS. The van der Waals surface area contributed by atoms with Gasteiger partial charge in [0.25, 0.3) is 5.91 Å². The zero-order valence-electron chi connectivity index (χ0n) is 15.8. The summed E-state index contributed by atoms with van der Waals surface area (Å²) < 4.78 is 2.99. The summed E-state index contributed by atoms with van der Waals surface area (Å²) in [6.07, 6.45) is 6.26. The summed E-state index contributed by atoms with van der Waals surface area (Å²) in [6.45, 7) is 3.34. The molecule has 0 aliphatic heterocycles. The maximum atomic E-state index is 13.2. The number of halogens is 2. The number of fused-ring (bicyclic) bond motifs is 1. The molecule has 1 amide bonds. The van der Waals surface area contributed by atoms with Crippen molar-refractivity contribution < 1.29 is 4.79 Å². The highest BCUT2D eigenvalue weighted by atomic mass is 35.5. The molecule has 0 aliphatic rings. The monoisotopic (exact) mass is 446 g/mol. The van der Waals surface area contributed by atoms with E-state index < -0.39 is 0 Å². The van der Waals surface area contributed by atoms with E-state index in [1.54, 1.807) is 17.4 Å². The first kappa shape index (κ1) is 21.3. The standard InChI is InChI=1S/C21H19ClN4OS.ClH/c1-15-12-17(22)13-18-19(15)24-21(28-18)26(10-5-9-25-11-8-23-14-25)20(27)16-6-3-2-4-7-16;/h2-4,6-8,11-14H,5,9-10H2,1H3;1H. The van der Waals surface area contributed by atoms with Crippen molar-refractivity contribution in [3.05, 3.63) is 77.3 Å². The second-order valence-corrected chi connectivity index (χ2v) is 7.99. The number of nitrogens with zero attached hydrogens (tertiary/aromatic N) is 4. The van der Waals surface area contributed by atoms with Gasteiger partial charge in [0.2, 0.25) is 0 Å². The molecule has 8 heteroatoms. The molecule has 0 N–H and O–H groups in total. The molecule has 0 saturated heterocycles. The molecule has 0 spiro atoms. The van der Waals surface area contributed by atoms with Gasteiger partial charge in [0.05, 0.1) is 16.5 Å². The maximum absolute atomic E-state index is 13.2. The number of carbonyl (C=O) groups excluding carboxylic acids is 1. The lowest BCUT2D eigenvalue weighted by atomic mass is 10.2. The van der Waals surface area contributed by atoms with Gasteiger partial charge in [-0.3, -0.25) is 9.69 Å². The Kier molecular flexibility index (Phi) is 6.90. The highest BCUT2D eigenvalue weighted by molar-refractivity contribution is 7.22. The minimum absolute atomic E-state index is 0. The Morgan fingerprint density at radius 1 is 1.24 bits per heavy atom. The van der Waals surface area contributed by atoms with Crippen molar-refractivity contribution in [1.29, 1.82) is 0 Å². The molecule has 150 valence electrons. The Bertz CT molecular complexity index is 1100. The molecule has 0 unspecified atom stereocenters. The fourth-order valence-corrected chi connectivity index (χ4v) is 4.55. The van der Waals surface area contributed by atoms with Gasteiger partial charge in [0, 0.05) is 36.1 Å². The lowest BCUT2D eigenvalue weighted by Gasteiger charge is -2.20. The Balaban J connectivity index is 0.00000240. The van der Waals surface area contributed by atoms with E-state index >= 15 is 0 Å². The quantitative estimate of drug-likeness (QED) is 0.386. The summed E-state index contributed by atoms with van der Waals surface area (Å²) in [5.41, 5.74) is 2.56. The Hall–Kier alpha value is -2.41. The SMILES string of the molecule is Cc1cc(Cl)cc2sc(N(CCCn3ccnc3)C(=O)c3ccccc3)nc12.Cl. The second-order valence-electron chi connectivity index (χ2n) is 6.54. The van der Waals surface area contributed by atoms with Crippen LogP contribution in [0.15, 0.2) is 61.2 Å². The average Bonchev–Trinajstić information content (AvgIpc) is 3.35. The van der Waals surface area contributed by atoms with Crippen LogP contribution in [0.5, 0.6) is 0 Å². The van der Waals surface area contributed by atoms with Crippen molar-refractivity contribution in [2.24, 2.45) is 0 Å². The van der Waals surface area contributed by atoms with Gasteiger partial charge in [-0.25, -0.2) is 9.97 Å². The van der Waals surface area contributed by atoms with E-state index in [1.807, 2.05) is 60.2 Å². The number of thiazole rings is 1. The molecule has 0 radical (unpaired) electrons. The molecule has 0 atom stereocenters.